The number of carbonyl (C=O) groups excluding carboxylic acids is 4. The van der Waals surface area contributed by atoms with Gasteiger partial charge in [0.15, 0.2) is 30.7 Å². The maximum Gasteiger partial charge on any atom is 0.278 e. The molecule has 4 heterocycles. The summed E-state index contributed by atoms with van der Waals surface area (Å²) in [5.41, 5.74) is 0.0208. The normalized spacial score (nSPS) is 19.0. The third kappa shape index (κ3) is 5.72. The number of nitrogens with zero attached hydrogens (tertiary/aromatic N) is 5. The zero-order valence-corrected chi connectivity index (χ0v) is 21.0. The van der Waals surface area contributed by atoms with Crippen molar-refractivity contribution in [3.8, 4) is 0 Å². The van der Waals surface area contributed by atoms with Crippen molar-refractivity contribution in [2.24, 2.45) is 5.16 Å². The lowest BCUT2D eigenvalue weighted by Gasteiger charge is -2.50. The van der Waals surface area contributed by atoms with Gasteiger partial charge in [-0.3, -0.25) is 19.3 Å². The minimum Gasteiger partial charge on any atom is -0.543 e. The fourth-order valence-corrected chi connectivity index (χ4v) is 5.20. The number of carboxylic acids is 1. The van der Waals surface area contributed by atoms with Crippen LogP contribution >= 0.6 is 23.5 Å². The monoisotopic (exact) mass is 543 g/mol. The number of oxime groups is 1. The molecule has 0 spiro atoms. The summed E-state index contributed by atoms with van der Waals surface area (Å²) in [7, 11) is 0. The summed E-state index contributed by atoms with van der Waals surface area (Å²) >= 11 is 2.64. The molecule has 0 saturated carbocycles. The Hall–Kier alpha value is -3.98. The van der Waals surface area contributed by atoms with Crippen molar-refractivity contribution in [2.75, 3.05) is 23.3 Å². The summed E-state index contributed by atoms with van der Waals surface area (Å²) in [5.74, 6) is -2.40. The largest absolute Gasteiger partial charge is 0.543 e. The third-order valence-electron chi connectivity index (χ3n) is 5.29. The molecule has 0 aromatic carbocycles. The van der Waals surface area contributed by atoms with E-state index < -0.39 is 29.2 Å². The average molecular weight is 544 g/mol. The maximum absolute atomic E-state index is 13.1. The Bertz CT molecular complexity index is 1270. The molecule has 37 heavy (non-hydrogen) atoms. The van der Waals surface area contributed by atoms with Gasteiger partial charge in [-0.15, -0.1) is 23.5 Å². The molecule has 3 amide bonds. The highest BCUT2D eigenvalue weighted by atomic mass is 32.2. The minimum absolute atomic E-state index is 0.131. The number of carboxylic acid groups (broad SMARTS) is 1. The van der Waals surface area contributed by atoms with Crippen LogP contribution in [0.25, 0.3) is 0 Å². The molecule has 1 unspecified atom stereocenters. The van der Waals surface area contributed by atoms with Gasteiger partial charge in [-0.2, -0.15) is 0 Å². The van der Waals surface area contributed by atoms with Crippen molar-refractivity contribution in [3.63, 3.8) is 0 Å². The lowest BCUT2D eigenvalue weighted by Crippen LogP contribution is -2.71. The first-order valence-corrected chi connectivity index (χ1v) is 13.2. The molecule has 1 fully saturated rings. The second-order valence-corrected chi connectivity index (χ2v) is 9.57. The van der Waals surface area contributed by atoms with Crippen LogP contribution in [-0.4, -0.2) is 74.1 Å². The molecule has 2 aromatic heterocycles. The predicted octanol–water partition coefficient (Wildman–Crippen LogP) is -1.52. The molecule has 2 aromatic rings. The number of aliphatic carboxylic acids is 1. The lowest BCUT2D eigenvalue weighted by atomic mass is 10.0. The summed E-state index contributed by atoms with van der Waals surface area (Å²) in [6.07, 6.45) is 7.10. The van der Waals surface area contributed by atoms with E-state index in [0.29, 0.717) is 17.7 Å². The smallest absolute Gasteiger partial charge is 0.278 e. The molecule has 1 saturated heterocycles. The second-order valence-electron chi connectivity index (χ2n) is 7.65. The number of amides is 3. The Morgan fingerprint density at radius 2 is 2.16 bits per heavy atom. The van der Waals surface area contributed by atoms with Crippen LogP contribution in [0.1, 0.15) is 5.82 Å². The lowest BCUT2D eigenvalue weighted by molar-refractivity contribution is -0.689. The van der Waals surface area contributed by atoms with Crippen molar-refractivity contribution >= 4 is 59.2 Å². The fraction of sp³-hybridized carbons (Fsp3) is 0.273. The van der Waals surface area contributed by atoms with Gasteiger partial charge in [0.2, 0.25) is 12.1 Å². The Morgan fingerprint density at radius 3 is 2.86 bits per heavy atom. The number of anilines is 1. The number of nitrogens with one attached hydrogen (secondary N) is 2. The molecule has 0 aliphatic carbocycles. The van der Waals surface area contributed by atoms with Gasteiger partial charge in [0, 0.05) is 29.7 Å². The highest BCUT2D eigenvalue weighted by Crippen LogP contribution is 2.40. The maximum atomic E-state index is 13.1. The molecule has 13 nitrogen and oxygen atoms in total. The van der Waals surface area contributed by atoms with E-state index in [-0.39, 0.29) is 35.5 Å². The molecular weight excluding hydrogens is 522 g/mol. The van der Waals surface area contributed by atoms with Crippen molar-refractivity contribution in [2.45, 2.75) is 18.0 Å². The molecule has 2 aliphatic rings. The molecule has 192 valence electrons. The van der Waals surface area contributed by atoms with Crippen LogP contribution in [-0.2, 0) is 30.6 Å². The van der Waals surface area contributed by atoms with Gasteiger partial charge in [0.1, 0.15) is 17.2 Å². The first kappa shape index (κ1) is 26.1. The number of pyridine rings is 1. The first-order chi connectivity index (χ1) is 17.9. The van der Waals surface area contributed by atoms with E-state index in [1.54, 1.807) is 23.2 Å². The summed E-state index contributed by atoms with van der Waals surface area (Å²) in [6, 6.07) is 5.87. The van der Waals surface area contributed by atoms with Crippen molar-refractivity contribution < 1.29 is 33.7 Å². The Balaban J connectivity index is 1.54. The molecule has 2 N–H and O–H groups in total. The van der Waals surface area contributed by atoms with E-state index in [0.717, 1.165) is 4.90 Å². The van der Waals surface area contributed by atoms with Gasteiger partial charge >= 0.3 is 0 Å². The minimum atomic E-state index is -1.46. The zero-order valence-electron chi connectivity index (χ0n) is 19.4. The van der Waals surface area contributed by atoms with Crippen LogP contribution in [0.2, 0.25) is 0 Å². The van der Waals surface area contributed by atoms with Crippen LogP contribution in [0.15, 0.2) is 59.3 Å². The van der Waals surface area contributed by atoms with Crippen LogP contribution in [0, 0.1) is 0 Å². The SMILES string of the molecule is CSCON=C(C(=O)NC1C(=O)N2C(C(=O)[O-])=C(C[n+]3ccccc3)CS[C@@H]12)c1nccc(NC=O)n1. The van der Waals surface area contributed by atoms with Gasteiger partial charge in [-0.05, 0) is 12.3 Å². The van der Waals surface area contributed by atoms with Crippen LogP contribution in [0.4, 0.5) is 5.82 Å². The van der Waals surface area contributed by atoms with Gasteiger partial charge < -0.3 is 25.4 Å². The quantitative estimate of drug-likeness (QED) is 0.0645. The van der Waals surface area contributed by atoms with Crippen LogP contribution in [0.3, 0.4) is 0 Å². The van der Waals surface area contributed by atoms with E-state index in [1.807, 2.05) is 18.2 Å². The summed E-state index contributed by atoms with van der Waals surface area (Å²) in [6.45, 7) is 0.275. The number of rotatable bonds is 11. The van der Waals surface area contributed by atoms with Crippen LogP contribution < -0.4 is 20.3 Å². The number of carbonyl (C=O) groups is 4. The molecule has 0 bridgehead atoms. The van der Waals surface area contributed by atoms with Crippen molar-refractivity contribution in [3.05, 3.63) is 60.0 Å². The Morgan fingerprint density at radius 1 is 1.38 bits per heavy atom. The zero-order chi connectivity index (χ0) is 26.4. The number of β-lactam (4-membered cyclic amide) rings is 1. The fourth-order valence-electron chi connectivity index (χ4n) is 3.70. The average Bonchev–Trinajstić information content (AvgIpc) is 2.90. The predicted molar refractivity (Wildman–Crippen MR) is 131 cm³/mol. The highest BCUT2D eigenvalue weighted by molar-refractivity contribution is 8.00. The molecular formula is C22H21N7O6S2. The Labute approximate surface area is 219 Å². The summed E-state index contributed by atoms with van der Waals surface area (Å²) < 4.78 is 1.80. The first-order valence-electron chi connectivity index (χ1n) is 10.8. The standard InChI is InChI=1S/C22H21N7O6S2/c1-36-12-35-27-15(18-23-6-5-14(25-18)24-11-30)19(31)26-16-20(32)29-17(22(33)34)13(10-37-21(16)29)9-28-7-3-2-4-8-28/h2-8,11,16,21H,9-10,12H2,1H3,(H2-,23,24,25,26,30,31,33,34)/t16?,21-/m0/s1. The summed E-state index contributed by atoms with van der Waals surface area (Å²) in [5, 5.41) is 20.1. The number of thioether (sulfide) groups is 2. The van der Waals surface area contributed by atoms with E-state index in [1.165, 1.54) is 35.8 Å². The number of hydrogen-bond donors (Lipinski definition) is 2. The van der Waals surface area contributed by atoms with Crippen molar-refractivity contribution in [1.29, 1.82) is 0 Å². The molecule has 2 atom stereocenters. The van der Waals surface area contributed by atoms with Gasteiger partial charge in [0.25, 0.3) is 11.8 Å². The number of fused-ring (bicyclic) bond motifs is 1. The highest BCUT2D eigenvalue weighted by Gasteiger charge is 2.53. The van der Waals surface area contributed by atoms with E-state index in [2.05, 4.69) is 25.8 Å². The molecule has 4 rings (SSSR count). The molecule has 15 heteroatoms. The molecule has 2 aliphatic heterocycles. The van der Waals surface area contributed by atoms with Gasteiger partial charge in [-0.25, -0.2) is 14.5 Å². The van der Waals surface area contributed by atoms with Crippen molar-refractivity contribution in [1.82, 2.24) is 20.2 Å². The summed E-state index contributed by atoms with van der Waals surface area (Å²) in [4.78, 5) is 63.2. The van der Waals surface area contributed by atoms with E-state index in [4.69, 9.17) is 4.84 Å². The number of aromatic nitrogens is 3. The van der Waals surface area contributed by atoms with E-state index >= 15 is 0 Å². The van der Waals surface area contributed by atoms with E-state index in [9.17, 15) is 24.3 Å². The molecule has 0 radical (unpaired) electrons. The topological polar surface area (TPSA) is 170 Å². The Kier molecular flexibility index (Phi) is 8.35. The third-order valence-corrected chi connectivity index (χ3v) is 6.97. The van der Waals surface area contributed by atoms with Crippen LogP contribution in [0.5, 0.6) is 0 Å². The van der Waals surface area contributed by atoms with Gasteiger partial charge in [0.05, 0.1) is 11.7 Å². The number of hydrogen-bond acceptors (Lipinski definition) is 11. The second kappa shape index (κ2) is 11.8. The van der Waals surface area contributed by atoms with Gasteiger partial charge in [-0.1, -0.05) is 11.2 Å².